The van der Waals surface area contributed by atoms with Crippen molar-refractivity contribution in [2.24, 2.45) is 24.8 Å². The van der Waals surface area contributed by atoms with Crippen molar-refractivity contribution < 1.29 is 9.59 Å². The number of nitrogens with one attached hydrogen (secondary N) is 1. The number of carbonyl (C=O) groups is 2. The summed E-state index contributed by atoms with van der Waals surface area (Å²) in [6.07, 6.45) is 4.02. The van der Waals surface area contributed by atoms with E-state index in [1.165, 1.54) is 4.57 Å². The molecule has 1 unspecified atom stereocenters. The zero-order valence-electron chi connectivity index (χ0n) is 12.9. The summed E-state index contributed by atoms with van der Waals surface area (Å²) < 4.78 is 1.52. The van der Waals surface area contributed by atoms with Crippen molar-refractivity contribution in [3.63, 3.8) is 0 Å². The van der Waals surface area contributed by atoms with E-state index in [0.717, 1.165) is 18.2 Å². The van der Waals surface area contributed by atoms with Crippen molar-refractivity contribution in [1.29, 1.82) is 0 Å². The molecule has 23 heavy (non-hydrogen) atoms. The molecule has 0 aliphatic heterocycles. The fraction of sp³-hybridized carbons (Fsp3) is 0.389. The molecule has 0 saturated heterocycles. The van der Waals surface area contributed by atoms with Crippen LogP contribution in [-0.2, 0) is 16.6 Å². The van der Waals surface area contributed by atoms with Crippen LogP contribution in [0.15, 0.2) is 35.3 Å². The average molecular weight is 310 g/mol. The Labute approximate surface area is 133 Å². The number of carbonyl (C=O) groups excluding carboxylic acids is 2. The number of Topliss-reactive ketones (excluding diaryl/α,β-unsaturated/α-hetero) is 1. The van der Waals surface area contributed by atoms with Crippen LogP contribution in [0.3, 0.4) is 0 Å². The van der Waals surface area contributed by atoms with Gasteiger partial charge in [0.1, 0.15) is 5.78 Å². The molecule has 0 spiro atoms. The molecule has 1 heterocycles. The van der Waals surface area contributed by atoms with Gasteiger partial charge in [0.15, 0.2) is 0 Å². The van der Waals surface area contributed by atoms with Crippen LogP contribution in [0.5, 0.6) is 0 Å². The Balaban J connectivity index is 1.60. The molecule has 4 rings (SSSR count). The molecular weight excluding hydrogens is 292 g/mol. The number of hydrogen-bond acceptors (Lipinski definition) is 3. The SMILES string of the molecule is Cn1ccc2ccc(NC(=O)C3C[C@H]4CC(=O)[C@@H]3C4)cc2c1=O. The Morgan fingerprint density at radius 2 is 2.04 bits per heavy atom. The summed E-state index contributed by atoms with van der Waals surface area (Å²) in [5.74, 6) is 0.197. The van der Waals surface area contributed by atoms with Crippen LogP contribution in [0.2, 0.25) is 0 Å². The van der Waals surface area contributed by atoms with Crippen molar-refractivity contribution in [2.75, 3.05) is 5.32 Å². The smallest absolute Gasteiger partial charge is 0.258 e. The minimum Gasteiger partial charge on any atom is -0.326 e. The third-order valence-corrected chi connectivity index (χ3v) is 5.25. The van der Waals surface area contributed by atoms with Gasteiger partial charge in [-0.15, -0.1) is 0 Å². The van der Waals surface area contributed by atoms with Crippen molar-refractivity contribution in [3.05, 3.63) is 40.8 Å². The van der Waals surface area contributed by atoms with E-state index >= 15 is 0 Å². The lowest BCUT2D eigenvalue weighted by Gasteiger charge is -2.20. The van der Waals surface area contributed by atoms with E-state index in [9.17, 15) is 14.4 Å². The number of aryl methyl sites for hydroxylation is 1. The molecule has 2 fully saturated rings. The highest BCUT2D eigenvalue weighted by molar-refractivity contribution is 5.99. The molecule has 2 aliphatic rings. The topological polar surface area (TPSA) is 68.2 Å². The number of amides is 1. The number of aromatic nitrogens is 1. The van der Waals surface area contributed by atoms with Gasteiger partial charge in [-0.1, -0.05) is 6.07 Å². The van der Waals surface area contributed by atoms with Crippen LogP contribution >= 0.6 is 0 Å². The van der Waals surface area contributed by atoms with Crippen molar-refractivity contribution >= 4 is 28.2 Å². The summed E-state index contributed by atoms with van der Waals surface area (Å²) in [5, 5.41) is 4.32. The maximum atomic E-state index is 12.5. The Hall–Kier alpha value is -2.43. The first-order valence-corrected chi connectivity index (χ1v) is 7.96. The Kier molecular flexibility index (Phi) is 3.11. The summed E-state index contributed by atoms with van der Waals surface area (Å²) in [7, 11) is 1.70. The molecule has 2 bridgehead atoms. The predicted octanol–water partition coefficient (Wildman–Crippen LogP) is 2.09. The minimum absolute atomic E-state index is 0.0892. The lowest BCUT2D eigenvalue weighted by atomic mass is 9.87. The van der Waals surface area contributed by atoms with Crippen molar-refractivity contribution in [2.45, 2.75) is 19.3 Å². The highest BCUT2D eigenvalue weighted by Gasteiger charge is 2.48. The lowest BCUT2D eigenvalue weighted by molar-refractivity contribution is -0.130. The number of benzene rings is 1. The molecule has 5 heteroatoms. The molecule has 1 amide bonds. The number of nitrogens with zero attached hydrogens (tertiary/aromatic N) is 1. The number of rotatable bonds is 2. The van der Waals surface area contributed by atoms with Crippen molar-refractivity contribution in [3.8, 4) is 0 Å². The van der Waals surface area contributed by atoms with Gasteiger partial charge in [0, 0.05) is 42.6 Å². The van der Waals surface area contributed by atoms with Gasteiger partial charge >= 0.3 is 0 Å². The van der Waals surface area contributed by atoms with Gasteiger partial charge in [0.2, 0.25) is 5.91 Å². The van der Waals surface area contributed by atoms with Gasteiger partial charge in [-0.2, -0.15) is 0 Å². The van der Waals surface area contributed by atoms with Gasteiger partial charge in [-0.3, -0.25) is 14.4 Å². The van der Waals surface area contributed by atoms with E-state index in [4.69, 9.17) is 0 Å². The van der Waals surface area contributed by atoms with E-state index in [1.807, 2.05) is 12.1 Å². The number of ketones is 1. The zero-order chi connectivity index (χ0) is 16.1. The molecule has 2 aliphatic carbocycles. The molecule has 1 N–H and O–H groups in total. The summed E-state index contributed by atoms with van der Waals surface area (Å²) in [6.45, 7) is 0. The predicted molar refractivity (Wildman–Crippen MR) is 87.1 cm³/mol. The van der Waals surface area contributed by atoms with Crippen LogP contribution in [0, 0.1) is 17.8 Å². The second-order valence-electron chi connectivity index (χ2n) is 6.74. The second kappa shape index (κ2) is 5.05. The van der Waals surface area contributed by atoms with Gasteiger partial charge in [0.05, 0.1) is 0 Å². The molecule has 2 aromatic rings. The molecule has 2 saturated carbocycles. The van der Waals surface area contributed by atoms with E-state index in [-0.39, 0.29) is 29.1 Å². The molecule has 0 radical (unpaired) electrons. The summed E-state index contributed by atoms with van der Waals surface area (Å²) in [5.41, 5.74) is 0.523. The quantitative estimate of drug-likeness (QED) is 0.923. The number of anilines is 1. The third-order valence-electron chi connectivity index (χ3n) is 5.25. The first-order chi connectivity index (χ1) is 11.0. The van der Waals surface area contributed by atoms with Crippen LogP contribution in [0.25, 0.3) is 10.8 Å². The van der Waals surface area contributed by atoms with Crippen molar-refractivity contribution in [1.82, 2.24) is 4.57 Å². The monoisotopic (exact) mass is 310 g/mol. The molecule has 5 nitrogen and oxygen atoms in total. The first-order valence-electron chi connectivity index (χ1n) is 7.96. The van der Waals surface area contributed by atoms with Gasteiger partial charge in [-0.05, 0) is 42.3 Å². The van der Waals surface area contributed by atoms with Gasteiger partial charge in [0.25, 0.3) is 5.56 Å². The van der Waals surface area contributed by atoms with Crippen LogP contribution in [0.4, 0.5) is 5.69 Å². The lowest BCUT2D eigenvalue weighted by Crippen LogP contribution is -2.31. The average Bonchev–Trinajstić information content (AvgIpc) is 3.10. The molecule has 1 aromatic heterocycles. The second-order valence-corrected chi connectivity index (χ2v) is 6.74. The largest absolute Gasteiger partial charge is 0.326 e. The van der Waals surface area contributed by atoms with E-state index in [1.54, 1.807) is 25.4 Å². The molecule has 1 aromatic carbocycles. The maximum absolute atomic E-state index is 12.5. The molecule has 3 atom stereocenters. The fourth-order valence-electron chi connectivity index (χ4n) is 4.04. The fourth-order valence-corrected chi connectivity index (χ4v) is 4.04. The third kappa shape index (κ3) is 2.27. The van der Waals surface area contributed by atoms with E-state index < -0.39 is 0 Å². The normalized spacial score (nSPS) is 26.0. The zero-order valence-corrected chi connectivity index (χ0v) is 12.9. The Morgan fingerprint density at radius 1 is 1.22 bits per heavy atom. The van der Waals surface area contributed by atoms with Gasteiger partial charge in [-0.25, -0.2) is 0 Å². The Morgan fingerprint density at radius 3 is 2.78 bits per heavy atom. The van der Waals surface area contributed by atoms with E-state index in [0.29, 0.717) is 23.4 Å². The Bertz CT molecular complexity index is 883. The van der Waals surface area contributed by atoms with Crippen LogP contribution < -0.4 is 10.9 Å². The number of fused-ring (bicyclic) bond motifs is 3. The first kappa shape index (κ1) is 14.2. The molecular formula is C18H18N2O3. The summed E-state index contributed by atoms with van der Waals surface area (Å²) in [4.78, 5) is 36.5. The van der Waals surface area contributed by atoms with E-state index in [2.05, 4.69) is 5.32 Å². The number of pyridine rings is 1. The highest BCUT2D eigenvalue weighted by Crippen LogP contribution is 2.46. The number of hydrogen-bond donors (Lipinski definition) is 1. The standard InChI is InChI=1S/C18H18N2O3/c1-20-5-4-11-2-3-12(9-13(11)18(20)23)19-17(22)15-7-10-6-14(15)16(21)8-10/h2-5,9-10,14-15H,6-8H2,1H3,(H,19,22)/t10-,14+,15?/m0/s1. The van der Waals surface area contributed by atoms with Crippen LogP contribution in [0.1, 0.15) is 19.3 Å². The highest BCUT2D eigenvalue weighted by atomic mass is 16.2. The van der Waals surface area contributed by atoms with Crippen LogP contribution in [-0.4, -0.2) is 16.3 Å². The summed E-state index contributed by atoms with van der Waals surface area (Å²) in [6, 6.07) is 7.22. The van der Waals surface area contributed by atoms with Gasteiger partial charge < -0.3 is 9.88 Å². The minimum atomic E-state index is -0.212. The molecule has 118 valence electrons. The maximum Gasteiger partial charge on any atom is 0.258 e. The summed E-state index contributed by atoms with van der Waals surface area (Å²) >= 11 is 0.